The molecule has 0 atom stereocenters. The maximum absolute atomic E-state index is 11.7. The molecule has 0 heterocycles. The molecule has 0 unspecified atom stereocenters. The lowest BCUT2D eigenvalue weighted by molar-refractivity contribution is -0.119. The van der Waals surface area contributed by atoms with E-state index in [1.54, 1.807) is 12.1 Å². The fourth-order valence-corrected chi connectivity index (χ4v) is 1.57. The summed E-state index contributed by atoms with van der Waals surface area (Å²) in [5.41, 5.74) is 2.37. The van der Waals surface area contributed by atoms with Crippen LogP contribution in [0.1, 0.15) is 32.3 Å². The average molecular weight is 274 g/mol. The highest BCUT2D eigenvalue weighted by atomic mass is 16.2. The van der Waals surface area contributed by atoms with E-state index in [1.165, 1.54) is 0 Å². The fourth-order valence-electron chi connectivity index (χ4n) is 1.57. The molecule has 0 fully saturated rings. The van der Waals surface area contributed by atoms with Crippen LogP contribution >= 0.6 is 0 Å². The van der Waals surface area contributed by atoms with Crippen molar-refractivity contribution in [3.05, 3.63) is 36.4 Å². The van der Waals surface area contributed by atoms with Crippen molar-refractivity contribution in [1.29, 1.82) is 0 Å². The molecule has 0 bridgehead atoms. The van der Waals surface area contributed by atoms with E-state index in [-0.39, 0.29) is 17.7 Å². The number of carbonyl (C=O) groups is 2. The molecule has 0 spiro atoms. The van der Waals surface area contributed by atoms with Gasteiger partial charge in [-0.3, -0.25) is 9.59 Å². The SMILES string of the molecule is C=CCCC(=O)Nc1cc(NC(=O)C(C)C)ccc1C. The Morgan fingerprint density at radius 2 is 2.00 bits per heavy atom. The van der Waals surface area contributed by atoms with Crippen molar-refractivity contribution in [1.82, 2.24) is 0 Å². The molecule has 0 aliphatic rings. The van der Waals surface area contributed by atoms with E-state index in [1.807, 2.05) is 32.9 Å². The van der Waals surface area contributed by atoms with Crippen LogP contribution in [-0.2, 0) is 9.59 Å². The van der Waals surface area contributed by atoms with Gasteiger partial charge in [0.2, 0.25) is 11.8 Å². The number of hydrogen-bond donors (Lipinski definition) is 2. The van der Waals surface area contributed by atoms with E-state index in [9.17, 15) is 9.59 Å². The maximum Gasteiger partial charge on any atom is 0.226 e. The van der Waals surface area contributed by atoms with Crippen LogP contribution in [0.2, 0.25) is 0 Å². The Morgan fingerprint density at radius 3 is 2.60 bits per heavy atom. The van der Waals surface area contributed by atoms with Gasteiger partial charge in [-0.25, -0.2) is 0 Å². The minimum absolute atomic E-state index is 0.0437. The third-order valence-corrected chi connectivity index (χ3v) is 2.88. The molecule has 0 radical (unpaired) electrons. The second-order valence-electron chi connectivity index (χ2n) is 5.05. The van der Waals surface area contributed by atoms with E-state index in [2.05, 4.69) is 17.2 Å². The van der Waals surface area contributed by atoms with E-state index < -0.39 is 0 Å². The van der Waals surface area contributed by atoms with Crippen molar-refractivity contribution in [3.8, 4) is 0 Å². The Kier molecular flexibility index (Phi) is 5.97. The van der Waals surface area contributed by atoms with E-state index >= 15 is 0 Å². The molecule has 0 aliphatic carbocycles. The standard InChI is InChI=1S/C16H22N2O2/c1-5-6-7-15(19)18-14-10-13(9-8-12(14)4)17-16(20)11(2)3/h5,8-11H,1,6-7H2,2-4H3,(H,17,20)(H,18,19). The third-order valence-electron chi connectivity index (χ3n) is 2.88. The van der Waals surface area contributed by atoms with Crippen LogP contribution in [-0.4, -0.2) is 11.8 Å². The zero-order chi connectivity index (χ0) is 15.1. The van der Waals surface area contributed by atoms with Gasteiger partial charge in [-0.2, -0.15) is 0 Å². The Labute approximate surface area is 120 Å². The molecule has 1 rings (SSSR count). The Hall–Kier alpha value is -2.10. The zero-order valence-electron chi connectivity index (χ0n) is 12.3. The van der Waals surface area contributed by atoms with Gasteiger partial charge in [0.25, 0.3) is 0 Å². The van der Waals surface area contributed by atoms with Gasteiger partial charge >= 0.3 is 0 Å². The Morgan fingerprint density at radius 1 is 1.30 bits per heavy atom. The van der Waals surface area contributed by atoms with Crippen LogP contribution in [0.4, 0.5) is 11.4 Å². The minimum Gasteiger partial charge on any atom is -0.326 e. The lowest BCUT2D eigenvalue weighted by atomic mass is 10.1. The van der Waals surface area contributed by atoms with Gasteiger partial charge in [-0.05, 0) is 31.0 Å². The van der Waals surface area contributed by atoms with Gasteiger partial charge in [0.1, 0.15) is 0 Å². The van der Waals surface area contributed by atoms with Gasteiger partial charge in [0.15, 0.2) is 0 Å². The van der Waals surface area contributed by atoms with Crippen LogP contribution < -0.4 is 10.6 Å². The highest BCUT2D eigenvalue weighted by Gasteiger charge is 2.09. The summed E-state index contributed by atoms with van der Waals surface area (Å²) in [7, 11) is 0. The predicted molar refractivity (Wildman–Crippen MR) is 82.7 cm³/mol. The van der Waals surface area contributed by atoms with Crippen molar-refractivity contribution < 1.29 is 9.59 Å². The molecular weight excluding hydrogens is 252 g/mol. The van der Waals surface area contributed by atoms with Gasteiger partial charge in [0.05, 0.1) is 0 Å². The van der Waals surface area contributed by atoms with E-state index in [0.29, 0.717) is 18.5 Å². The van der Waals surface area contributed by atoms with E-state index in [0.717, 1.165) is 11.3 Å². The van der Waals surface area contributed by atoms with Crippen LogP contribution in [0.3, 0.4) is 0 Å². The lowest BCUT2D eigenvalue weighted by Gasteiger charge is -2.12. The molecule has 0 aliphatic heterocycles. The number of nitrogens with one attached hydrogen (secondary N) is 2. The zero-order valence-corrected chi connectivity index (χ0v) is 12.3. The van der Waals surface area contributed by atoms with Gasteiger partial charge in [-0.1, -0.05) is 26.0 Å². The van der Waals surface area contributed by atoms with Crippen LogP contribution in [0.15, 0.2) is 30.9 Å². The minimum atomic E-state index is -0.0815. The molecule has 1 aromatic carbocycles. The first-order valence-electron chi connectivity index (χ1n) is 6.76. The molecule has 2 amide bonds. The van der Waals surface area contributed by atoms with E-state index in [4.69, 9.17) is 0 Å². The monoisotopic (exact) mass is 274 g/mol. The topological polar surface area (TPSA) is 58.2 Å². The molecule has 4 heteroatoms. The molecule has 0 saturated carbocycles. The van der Waals surface area contributed by atoms with Crippen molar-refractivity contribution in [3.63, 3.8) is 0 Å². The normalized spacial score (nSPS) is 10.2. The Bertz CT molecular complexity index is 507. The molecule has 20 heavy (non-hydrogen) atoms. The maximum atomic E-state index is 11.7. The van der Waals surface area contributed by atoms with Crippen LogP contribution in [0.25, 0.3) is 0 Å². The second kappa shape index (κ2) is 7.48. The highest BCUT2D eigenvalue weighted by molar-refractivity contribution is 5.95. The summed E-state index contributed by atoms with van der Waals surface area (Å²) < 4.78 is 0. The number of rotatable bonds is 6. The summed E-state index contributed by atoms with van der Waals surface area (Å²) >= 11 is 0. The van der Waals surface area contributed by atoms with Crippen LogP contribution in [0, 0.1) is 12.8 Å². The number of hydrogen-bond acceptors (Lipinski definition) is 2. The molecular formula is C16H22N2O2. The highest BCUT2D eigenvalue weighted by Crippen LogP contribution is 2.21. The molecule has 0 aromatic heterocycles. The molecule has 0 saturated heterocycles. The van der Waals surface area contributed by atoms with Gasteiger partial charge < -0.3 is 10.6 Å². The second-order valence-corrected chi connectivity index (χ2v) is 5.05. The lowest BCUT2D eigenvalue weighted by Crippen LogP contribution is -2.18. The van der Waals surface area contributed by atoms with Crippen molar-refractivity contribution >= 4 is 23.2 Å². The first kappa shape index (κ1) is 16.0. The van der Waals surface area contributed by atoms with Gasteiger partial charge in [0, 0.05) is 23.7 Å². The van der Waals surface area contributed by atoms with Crippen molar-refractivity contribution in [2.75, 3.05) is 10.6 Å². The quantitative estimate of drug-likeness (QED) is 0.780. The number of allylic oxidation sites excluding steroid dienone is 1. The van der Waals surface area contributed by atoms with Crippen molar-refractivity contribution in [2.24, 2.45) is 5.92 Å². The first-order valence-corrected chi connectivity index (χ1v) is 6.76. The molecule has 108 valence electrons. The number of amides is 2. The third kappa shape index (κ3) is 4.88. The summed E-state index contributed by atoms with van der Waals surface area (Å²) in [5, 5.41) is 5.67. The number of carbonyl (C=O) groups excluding carboxylic acids is 2. The number of aryl methyl sites for hydroxylation is 1. The molecule has 2 N–H and O–H groups in total. The smallest absolute Gasteiger partial charge is 0.226 e. The summed E-state index contributed by atoms with van der Waals surface area (Å²) in [6.07, 6.45) is 2.77. The predicted octanol–water partition coefficient (Wildman–Crippen LogP) is 3.49. The van der Waals surface area contributed by atoms with Crippen molar-refractivity contribution in [2.45, 2.75) is 33.6 Å². The Balaban J connectivity index is 2.78. The summed E-state index contributed by atoms with van der Waals surface area (Å²) in [6.45, 7) is 9.18. The van der Waals surface area contributed by atoms with Crippen LogP contribution in [0.5, 0.6) is 0 Å². The largest absolute Gasteiger partial charge is 0.326 e. The first-order chi connectivity index (χ1) is 9.43. The molecule has 4 nitrogen and oxygen atoms in total. The summed E-state index contributed by atoms with van der Waals surface area (Å²) in [4.78, 5) is 23.4. The fraction of sp³-hybridized carbons (Fsp3) is 0.375. The summed E-state index contributed by atoms with van der Waals surface area (Å²) in [5.74, 6) is -0.181. The van der Waals surface area contributed by atoms with Gasteiger partial charge in [-0.15, -0.1) is 6.58 Å². The number of anilines is 2. The number of benzene rings is 1. The average Bonchev–Trinajstić information content (AvgIpc) is 2.40. The summed E-state index contributed by atoms with van der Waals surface area (Å²) in [6, 6.07) is 5.48. The molecule has 1 aromatic rings.